The smallest absolute Gasteiger partial charge is 0.256 e. The van der Waals surface area contributed by atoms with Crippen LogP contribution in [0.15, 0.2) is 23.1 Å². The number of hydrogen-bond acceptors (Lipinski definition) is 6. The SMILES string of the molecule is CCc1ccc(C(=O)Nc2sc(C)c(C)c2C(N)=O)cc1S(=O)(=O)N1CCOCC1. The van der Waals surface area contributed by atoms with Crippen molar-refractivity contribution in [3.63, 3.8) is 0 Å². The number of primary amides is 1. The third kappa shape index (κ3) is 4.27. The summed E-state index contributed by atoms with van der Waals surface area (Å²) in [5, 5.41) is 3.08. The standard InChI is InChI=1S/C20H25N3O5S2/c1-4-14-5-6-15(11-16(14)30(26,27)23-7-9-28-10-8-23)19(25)22-20-17(18(21)24)12(2)13(3)29-20/h5-6,11H,4,7-10H2,1-3H3,(H2,21,24)(H,22,25). The molecule has 2 heterocycles. The fourth-order valence-corrected chi connectivity index (χ4v) is 6.13. The van der Waals surface area contributed by atoms with Crippen molar-refractivity contribution in [3.8, 4) is 0 Å². The van der Waals surface area contributed by atoms with Crippen molar-refractivity contribution >= 4 is 38.2 Å². The number of benzene rings is 1. The third-order valence-electron chi connectivity index (χ3n) is 5.16. The second-order valence-electron chi connectivity index (χ2n) is 7.00. The van der Waals surface area contributed by atoms with E-state index in [-0.39, 0.29) is 29.1 Å². The maximum absolute atomic E-state index is 13.2. The first kappa shape index (κ1) is 22.4. The zero-order valence-electron chi connectivity index (χ0n) is 17.1. The maximum atomic E-state index is 13.2. The molecule has 30 heavy (non-hydrogen) atoms. The molecular formula is C20H25N3O5S2. The molecule has 10 heteroatoms. The molecule has 3 rings (SSSR count). The normalized spacial score (nSPS) is 15.2. The Labute approximate surface area is 180 Å². The average Bonchev–Trinajstić information content (AvgIpc) is 3.01. The second kappa shape index (κ2) is 8.84. The number of aryl methyl sites for hydroxylation is 2. The number of carbonyl (C=O) groups is 2. The van der Waals surface area contributed by atoms with Crippen LogP contribution in [0.2, 0.25) is 0 Å². The van der Waals surface area contributed by atoms with Crippen LogP contribution in [0.4, 0.5) is 5.00 Å². The summed E-state index contributed by atoms with van der Waals surface area (Å²) >= 11 is 1.26. The molecule has 0 unspecified atom stereocenters. The molecule has 0 aliphatic carbocycles. The van der Waals surface area contributed by atoms with Crippen LogP contribution in [0.25, 0.3) is 0 Å². The molecule has 3 N–H and O–H groups in total. The molecule has 0 spiro atoms. The predicted molar refractivity (Wildman–Crippen MR) is 116 cm³/mol. The van der Waals surface area contributed by atoms with Crippen LogP contribution < -0.4 is 11.1 Å². The highest BCUT2D eigenvalue weighted by atomic mass is 32.2. The molecule has 2 aromatic rings. The molecule has 162 valence electrons. The third-order valence-corrected chi connectivity index (χ3v) is 8.26. The Balaban J connectivity index is 1.96. The van der Waals surface area contributed by atoms with E-state index in [1.807, 2.05) is 13.8 Å². The number of sulfonamides is 1. The first-order valence-corrected chi connectivity index (χ1v) is 11.8. The molecule has 1 aliphatic heterocycles. The van der Waals surface area contributed by atoms with E-state index in [1.54, 1.807) is 19.1 Å². The van der Waals surface area contributed by atoms with E-state index >= 15 is 0 Å². The van der Waals surface area contributed by atoms with Crippen LogP contribution in [-0.4, -0.2) is 50.8 Å². The highest BCUT2D eigenvalue weighted by Gasteiger charge is 2.29. The molecule has 1 aromatic carbocycles. The molecule has 0 atom stereocenters. The summed E-state index contributed by atoms with van der Waals surface area (Å²) in [4.78, 5) is 25.7. The molecule has 1 fully saturated rings. The first-order chi connectivity index (χ1) is 14.2. The van der Waals surface area contributed by atoms with Crippen LogP contribution >= 0.6 is 11.3 Å². The van der Waals surface area contributed by atoms with Gasteiger partial charge in [0.05, 0.1) is 23.7 Å². The minimum Gasteiger partial charge on any atom is -0.379 e. The van der Waals surface area contributed by atoms with Gasteiger partial charge >= 0.3 is 0 Å². The predicted octanol–water partition coefficient (Wildman–Crippen LogP) is 2.30. The zero-order valence-corrected chi connectivity index (χ0v) is 18.8. The minimum absolute atomic E-state index is 0.119. The Morgan fingerprint density at radius 1 is 1.23 bits per heavy atom. The summed E-state index contributed by atoms with van der Waals surface area (Å²) in [7, 11) is -3.76. The van der Waals surface area contributed by atoms with Crippen molar-refractivity contribution in [1.82, 2.24) is 4.31 Å². The van der Waals surface area contributed by atoms with Gasteiger partial charge in [0.25, 0.3) is 11.8 Å². The molecule has 0 saturated carbocycles. The van der Waals surface area contributed by atoms with Crippen molar-refractivity contribution < 1.29 is 22.7 Å². The van der Waals surface area contributed by atoms with Gasteiger partial charge in [0.1, 0.15) is 5.00 Å². The fraction of sp³-hybridized carbons (Fsp3) is 0.400. The summed E-state index contributed by atoms with van der Waals surface area (Å²) in [6.45, 7) is 6.70. The van der Waals surface area contributed by atoms with Crippen LogP contribution in [0.5, 0.6) is 0 Å². The molecule has 0 radical (unpaired) electrons. The van der Waals surface area contributed by atoms with Gasteiger partial charge in [0.2, 0.25) is 10.0 Å². The van der Waals surface area contributed by atoms with Gasteiger partial charge in [-0.1, -0.05) is 13.0 Å². The fourth-order valence-electron chi connectivity index (χ4n) is 3.34. The van der Waals surface area contributed by atoms with Crippen molar-refractivity contribution in [2.24, 2.45) is 5.73 Å². The van der Waals surface area contributed by atoms with Crippen LogP contribution in [0, 0.1) is 13.8 Å². The number of nitrogens with two attached hydrogens (primary N) is 1. The van der Waals surface area contributed by atoms with E-state index in [0.29, 0.717) is 30.2 Å². The van der Waals surface area contributed by atoms with E-state index < -0.39 is 21.8 Å². The van der Waals surface area contributed by atoms with Gasteiger partial charge in [0, 0.05) is 23.5 Å². The summed E-state index contributed by atoms with van der Waals surface area (Å²) in [5.41, 5.74) is 7.29. The number of anilines is 1. The van der Waals surface area contributed by atoms with Gasteiger partial charge in [-0.2, -0.15) is 4.31 Å². The molecule has 1 saturated heterocycles. The lowest BCUT2D eigenvalue weighted by molar-refractivity contribution is 0.0730. The monoisotopic (exact) mass is 451 g/mol. The lowest BCUT2D eigenvalue weighted by Gasteiger charge is -2.27. The number of morpholine rings is 1. The molecule has 0 bridgehead atoms. The van der Waals surface area contributed by atoms with Crippen LogP contribution in [-0.2, 0) is 21.2 Å². The van der Waals surface area contributed by atoms with E-state index in [1.165, 1.54) is 21.7 Å². The van der Waals surface area contributed by atoms with E-state index in [9.17, 15) is 18.0 Å². The largest absolute Gasteiger partial charge is 0.379 e. The first-order valence-electron chi connectivity index (χ1n) is 9.58. The highest BCUT2D eigenvalue weighted by Crippen LogP contribution is 2.32. The van der Waals surface area contributed by atoms with Gasteiger partial charge in [-0.3, -0.25) is 9.59 Å². The second-order valence-corrected chi connectivity index (χ2v) is 10.1. The Morgan fingerprint density at radius 2 is 1.90 bits per heavy atom. The number of nitrogens with zero attached hydrogens (tertiary/aromatic N) is 1. The quantitative estimate of drug-likeness (QED) is 0.699. The van der Waals surface area contributed by atoms with Crippen molar-refractivity contribution in [3.05, 3.63) is 45.3 Å². The Hall–Kier alpha value is -2.27. The number of thiophene rings is 1. The Morgan fingerprint density at radius 3 is 2.50 bits per heavy atom. The van der Waals surface area contributed by atoms with E-state index in [0.717, 1.165) is 10.4 Å². The number of rotatable bonds is 6. The molecule has 1 aromatic heterocycles. The summed E-state index contributed by atoms with van der Waals surface area (Å²) in [6, 6.07) is 4.64. The van der Waals surface area contributed by atoms with Crippen LogP contribution in [0.1, 0.15) is 43.6 Å². The topological polar surface area (TPSA) is 119 Å². The Bertz CT molecular complexity index is 1090. The van der Waals surface area contributed by atoms with Crippen molar-refractivity contribution in [2.75, 3.05) is 31.6 Å². The van der Waals surface area contributed by atoms with Gasteiger partial charge in [-0.15, -0.1) is 11.3 Å². The van der Waals surface area contributed by atoms with Crippen molar-refractivity contribution in [1.29, 1.82) is 0 Å². The molecular weight excluding hydrogens is 426 g/mol. The lowest BCUT2D eigenvalue weighted by atomic mass is 10.1. The summed E-state index contributed by atoms with van der Waals surface area (Å²) < 4.78 is 33.0. The van der Waals surface area contributed by atoms with E-state index in [2.05, 4.69) is 5.32 Å². The minimum atomic E-state index is -3.76. The van der Waals surface area contributed by atoms with Gasteiger partial charge in [-0.05, 0) is 43.5 Å². The van der Waals surface area contributed by atoms with Gasteiger partial charge in [-0.25, -0.2) is 8.42 Å². The van der Waals surface area contributed by atoms with Gasteiger partial charge < -0.3 is 15.8 Å². The van der Waals surface area contributed by atoms with Gasteiger partial charge in [0.15, 0.2) is 0 Å². The zero-order chi connectivity index (χ0) is 22.1. The molecule has 8 nitrogen and oxygen atoms in total. The Kier molecular flexibility index (Phi) is 6.61. The summed E-state index contributed by atoms with van der Waals surface area (Å²) in [5.74, 6) is -1.12. The van der Waals surface area contributed by atoms with Crippen LogP contribution in [0.3, 0.4) is 0 Å². The highest BCUT2D eigenvalue weighted by molar-refractivity contribution is 7.89. The number of amides is 2. The number of hydrogen-bond donors (Lipinski definition) is 2. The number of carbonyl (C=O) groups excluding carboxylic acids is 2. The summed E-state index contributed by atoms with van der Waals surface area (Å²) in [6.07, 6.45) is 0.510. The van der Waals surface area contributed by atoms with Crippen molar-refractivity contribution in [2.45, 2.75) is 32.1 Å². The average molecular weight is 452 g/mol. The maximum Gasteiger partial charge on any atom is 0.256 e. The van der Waals surface area contributed by atoms with E-state index in [4.69, 9.17) is 10.5 Å². The lowest BCUT2D eigenvalue weighted by Crippen LogP contribution is -2.41. The number of ether oxygens (including phenoxy) is 1. The molecule has 2 amide bonds. The number of nitrogens with one attached hydrogen (secondary N) is 1. The molecule has 1 aliphatic rings.